The van der Waals surface area contributed by atoms with E-state index in [0.717, 1.165) is 20.7 Å². The normalized spacial score (nSPS) is 15.2. The van der Waals surface area contributed by atoms with Crippen LogP contribution in [-0.2, 0) is 11.2 Å². The smallest absolute Gasteiger partial charge is 0.304 e. The molecule has 0 unspecified atom stereocenters. The van der Waals surface area contributed by atoms with E-state index in [-0.39, 0.29) is 6.54 Å². The zero-order valence-electron chi connectivity index (χ0n) is 8.99. The van der Waals surface area contributed by atoms with Gasteiger partial charge in [-0.05, 0) is 24.1 Å². The van der Waals surface area contributed by atoms with Crippen molar-refractivity contribution in [1.29, 1.82) is 0 Å². The molecule has 0 radical (unpaired) electrons. The van der Waals surface area contributed by atoms with Crippen molar-refractivity contribution in [3.05, 3.63) is 23.2 Å². The molecule has 3 rings (SSSR count). The number of aromatic nitrogens is 1. The lowest BCUT2D eigenvalue weighted by atomic mass is 10.1. The van der Waals surface area contributed by atoms with Gasteiger partial charge in [0.15, 0.2) is 0 Å². The highest BCUT2D eigenvalue weighted by Crippen LogP contribution is 2.35. The van der Waals surface area contributed by atoms with E-state index in [2.05, 4.69) is 4.98 Å². The molecule has 1 amide bonds. The van der Waals surface area contributed by atoms with Crippen LogP contribution in [0, 0.1) is 0 Å². The molecule has 1 aromatic heterocycles. The Bertz CT molecular complexity index is 635. The van der Waals surface area contributed by atoms with Crippen LogP contribution in [0.3, 0.4) is 0 Å². The van der Waals surface area contributed by atoms with Crippen molar-refractivity contribution in [3.63, 3.8) is 0 Å². The Morgan fingerprint density at radius 2 is 2.17 bits per heavy atom. The molecule has 0 atom stereocenters. The third kappa shape index (κ3) is 1.66. The van der Waals surface area contributed by atoms with Crippen molar-refractivity contribution in [2.45, 2.75) is 12.6 Å². The van der Waals surface area contributed by atoms with Crippen LogP contribution in [0.5, 0.6) is 0 Å². The molecule has 1 aliphatic rings. The molecule has 0 aliphatic carbocycles. The van der Waals surface area contributed by atoms with Gasteiger partial charge in [-0.15, -0.1) is 11.3 Å². The van der Waals surface area contributed by atoms with Crippen molar-refractivity contribution in [2.75, 3.05) is 11.4 Å². The second kappa shape index (κ2) is 3.68. The van der Waals surface area contributed by atoms with Crippen LogP contribution in [0.2, 0.25) is 0 Å². The number of rotatable bonds is 0. The van der Waals surface area contributed by atoms with Crippen LogP contribution in [0.4, 0.5) is 18.9 Å². The first-order valence-electron chi connectivity index (χ1n) is 5.21. The molecule has 0 saturated heterocycles. The van der Waals surface area contributed by atoms with Crippen molar-refractivity contribution in [1.82, 2.24) is 4.98 Å². The fraction of sp³-hybridized carbons (Fsp3) is 0.273. The van der Waals surface area contributed by atoms with Crippen LogP contribution < -0.4 is 4.90 Å². The summed E-state index contributed by atoms with van der Waals surface area (Å²) in [5, 5.41) is 0. The van der Waals surface area contributed by atoms with Gasteiger partial charge in [0.05, 0.1) is 15.7 Å². The molecular weight excluding hydrogens is 265 g/mol. The number of hydrogen-bond acceptors (Lipinski definition) is 3. The monoisotopic (exact) mass is 272 g/mol. The Hall–Kier alpha value is -1.63. The maximum absolute atomic E-state index is 12.4. The van der Waals surface area contributed by atoms with Gasteiger partial charge < -0.3 is 4.90 Å². The van der Waals surface area contributed by atoms with Gasteiger partial charge in [-0.2, -0.15) is 13.2 Å². The number of carbonyl (C=O) groups is 1. The Labute approximate surface area is 104 Å². The van der Waals surface area contributed by atoms with Gasteiger partial charge in [-0.3, -0.25) is 4.79 Å². The van der Waals surface area contributed by atoms with Crippen molar-refractivity contribution >= 4 is 33.1 Å². The first-order valence-corrected chi connectivity index (χ1v) is 6.09. The summed E-state index contributed by atoms with van der Waals surface area (Å²) >= 11 is 1.34. The molecule has 0 fully saturated rings. The second-order valence-corrected chi connectivity index (χ2v) is 4.89. The van der Waals surface area contributed by atoms with Crippen LogP contribution in [0.1, 0.15) is 5.56 Å². The summed E-state index contributed by atoms with van der Waals surface area (Å²) in [5.74, 6) is -1.80. The number of halogens is 3. The van der Waals surface area contributed by atoms with E-state index in [4.69, 9.17) is 0 Å². The Morgan fingerprint density at radius 3 is 2.89 bits per heavy atom. The Balaban J connectivity index is 2.08. The largest absolute Gasteiger partial charge is 0.471 e. The van der Waals surface area contributed by atoms with E-state index in [1.165, 1.54) is 11.3 Å². The van der Waals surface area contributed by atoms with Gasteiger partial charge in [0.1, 0.15) is 0 Å². The van der Waals surface area contributed by atoms with E-state index in [1.807, 2.05) is 0 Å². The minimum Gasteiger partial charge on any atom is -0.304 e. The van der Waals surface area contributed by atoms with Gasteiger partial charge >= 0.3 is 12.1 Å². The van der Waals surface area contributed by atoms with Gasteiger partial charge in [0.2, 0.25) is 0 Å². The maximum Gasteiger partial charge on any atom is 0.471 e. The summed E-state index contributed by atoms with van der Waals surface area (Å²) in [6.07, 6.45) is -4.39. The predicted molar refractivity (Wildman–Crippen MR) is 61.7 cm³/mol. The third-order valence-corrected chi connectivity index (χ3v) is 3.71. The summed E-state index contributed by atoms with van der Waals surface area (Å²) in [4.78, 5) is 16.2. The molecule has 0 N–H and O–H groups in total. The fourth-order valence-electron chi connectivity index (χ4n) is 2.10. The maximum atomic E-state index is 12.4. The molecular formula is C11H7F3N2OS. The van der Waals surface area contributed by atoms with Crippen LogP contribution >= 0.6 is 11.3 Å². The first kappa shape index (κ1) is 11.5. The lowest BCUT2D eigenvalue weighted by Gasteiger charge is -2.18. The topological polar surface area (TPSA) is 33.2 Å². The number of alkyl halides is 3. The molecule has 0 bridgehead atoms. The van der Waals surface area contributed by atoms with Gasteiger partial charge in [0, 0.05) is 12.2 Å². The number of hydrogen-bond donors (Lipinski definition) is 0. The third-order valence-electron chi connectivity index (χ3n) is 2.91. The number of nitrogens with zero attached hydrogens (tertiary/aromatic N) is 2. The number of thiazole rings is 1. The Morgan fingerprint density at radius 1 is 1.39 bits per heavy atom. The molecule has 0 saturated carbocycles. The predicted octanol–water partition coefficient (Wildman–Crippen LogP) is 2.75. The second-order valence-electron chi connectivity index (χ2n) is 4.01. The van der Waals surface area contributed by atoms with Crippen molar-refractivity contribution < 1.29 is 18.0 Å². The quantitative estimate of drug-likeness (QED) is 0.738. The highest BCUT2D eigenvalue weighted by atomic mass is 32.1. The highest BCUT2D eigenvalue weighted by molar-refractivity contribution is 7.16. The zero-order valence-corrected chi connectivity index (χ0v) is 9.81. The minimum absolute atomic E-state index is 0.0744. The molecule has 1 aliphatic heterocycles. The van der Waals surface area contributed by atoms with Gasteiger partial charge in [0.25, 0.3) is 0 Å². The number of benzene rings is 1. The van der Waals surface area contributed by atoms with E-state index < -0.39 is 12.1 Å². The molecule has 1 aromatic carbocycles. The molecule has 0 spiro atoms. The van der Waals surface area contributed by atoms with Crippen LogP contribution in [0.25, 0.3) is 10.2 Å². The first-order chi connectivity index (χ1) is 8.47. The molecule has 94 valence electrons. The average Bonchev–Trinajstić information content (AvgIpc) is 2.88. The fourth-order valence-corrected chi connectivity index (χ4v) is 2.80. The standard InChI is InChI=1S/C11H7F3N2OS/c12-11(13,14)10(17)16-2-1-6-3-7-9(4-8(6)16)18-5-15-7/h3-5H,1-2H2. The zero-order chi connectivity index (χ0) is 12.9. The summed E-state index contributed by atoms with van der Waals surface area (Å²) in [6.45, 7) is 0.0744. The number of anilines is 1. The van der Waals surface area contributed by atoms with Crippen molar-refractivity contribution in [2.24, 2.45) is 0 Å². The van der Waals surface area contributed by atoms with Crippen molar-refractivity contribution in [3.8, 4) is 0 Å². The summed E-state index contributed by atoms with van der Waals surface area (Å²) < 4.78 is 38.1. The number of fused-ring (bicyclic) bond motifs is 2. The number of amides is 1. The molecule has 3 nitrogen and oxygen atoms in total. The van der Waals surface area contributed by atoms with E-state index in [1.54, 1.807) is 17.6 Å². The lowest BCUT2D eigenvalue weighted by molar-refractivity contribution is -0.170. The molecule has 2 aromatic rings. The SMILES string of the molecule is O=C(N1CCc2cc3ncsc3cc21)C(F)(F)F. The van der Waals surface area contributed by atoms with Crippen LogP contribution in [-0.4, -0.2) is 23.6 Å². The van der Waals surface area contributed by atoms with Crippen LogP contribution in [0.15, 0.2) is 17.6 Å². The average molecular weight is 272 g/mol. The number of carbonyl (C=O) groups excluding carboxylic acids is 1. The van der Waals surface area contributed by atoms with E-state index >= 15 is 0 Å². The molecule has 18 heavy (non-hydrogen) atoms. The molecule has 2 heterocycles. The molecule has 7 heteroatoms. The van der Waals surface area contributed by atoms with Gasteiger partial charge in [-0.1, -0.05) is 0 Å². The summed E-state index contributed by atoms with van der Waals surface area (Å²) in [6, 6.07) is 3.36. The van der Waals surface area contributed by atoms with E-state index in [0.29, 0.717) is 12.1 Å². The Kier molecular flexibility index (Phi) is 2.34. The van der Waals surface area contributed by atoms with Gasteiger partial charge in [-0.25, -0.2) is 4.98 Å². The highest BCUT2D eigenvalue weighted by Gasteiger charge is 2.44. The minimum atomic E-state index is -4.83. The van der Waals surface area contributed by atoms with E-state index in [9.17, 15) is 18.0 Å². The summed E-state index contributed by atoms with van der Waals surface area (Å²) in [7, 11) is 0. The summed E-state index contributed by atoms with van der Waals surface area (Å²) in [5.41, 5.74) is 3.50. The lowest BCUT2D eigenvalue weighted by Crippen LogP contribution is -2.40.